The molecule has 194 valence electrons. The second kappa shape index (κ2) is 10.0. The molecule has 0 N–H and O–H groups in total. The van der Waals surface area contributed by atoms with Crippen molar-refractivity contribution in [3.63, 3.8) is 0 Å². The highest BCUT2D eigenvalue weighted by Crippen LogP contribution is 2.25. The first-order chi connectivity index (χ1) is 17.9. The molecule has 0 bridgehead atoms. The number of urea groups is 2. The molecule has 2 aromatic rings. The van der Waals surface area contributed by atoms with Crippen LogP contribution in [0.2, 0.25) is 0 Å². The molecule has 1 aromatic heterocycles. The molecule has 0 spiro atoms. The molecule has 4 rings (SSSR count). The Morgan fingerprint density at radius 3 is 1.58 bits per heavy atom. The summed E-state index contributed by atoms with van der Waals surface area (Å²) in [5.41, 5.74) is 2.29. The SMILES string of the molecule is Cc1cc(C=C2C(=O)N(C)C(=O)N(C)C2=O)ccc1/C=C/c1ccc(C=C2C(=O)N(C)C(=O)N(C)C2=O)s1. The second-order valence-electron chi connectivity index (χ2n) is 8.83. The molecular weight excluding hydrogens is 508 g/mol. The van der Waals surface area contributed by atoms with Crippen LogP contribution in [0.15, 0.2) is 41.5 Å². The number of benzene rings is 1. The average Bonchev–Trinajstić information content (AvgIpc) is 3.36. The molecule has 2 fully saturated rings. The minimum atomic E-state index is -0.673. The molecular formula is C27H24N4O6S. The van der Waals surface area contributed by atoms with Crippen molar-refractivity contribution in [3.8, 4) is 0 Å². The zero-order valence-corrected chi connectivity index (χ0v) is 22.2. The number of aryl methyl sites for hydroxylation is 1. The first-order valence-corrected chi connectivity index (χ1v) is 12.2. The maximum absolute atomic E-state index is 12.4. The van der Waals surface area contributed by atoms with E-state index in [1.165, 1.54) is 51.7 Å². The molecule has 38 heavy (non-hydrogen) atoms. The van der Waals surface area contributed by atoms with Crippen LogP contribution in [0.5, 0.6) is 0 Å². The Bertz CT molecular complexity index is 1460. The average molecular weight is 533 g/mol. The van der Waals surface area contributed by atoms with Crippen molar-refractivity contribution in [1.29, 1.82) is 0 Å². The maximum Gasteiger partial charge on any atom is 0.333 e. The monoisotopic (exact) mass is 532 g/mol. The molecule has 1 aromatic carbocycles. The van der Waals surface area contributed by atoms with Crippen LogP contribution in [0.25, 0.3) is 24.3 Å². The summed E-state index contributed by atoms with van der Waals surface area (Å²) in [5.74, 6) is -2.58. The summed E-state index contributed by atoms with van der Waals surface area (Å²) >= 11 is 1.38. The Hall–Kier alpha value is -4.64. The molecule has 0 aliphatic carbocycles. The van der Waals surface area contributed by atoms with Gasteiger partial charge in [-0.2, -0.15) is 0 Å². The van der Waals surface area contributed by atoms with Crippen molar-refractivity contribution in [2.75, 3.05) is 28.2 Å². The molecule has 8 amide bonds. The summed E-state index contributed by atoms with van der Waals surface area (Å²) in [6, 6.07) is 7.76. The van der Waals surface area contributed by atoms with Gasteiger partial charge in [-0.3, -0.25) is 38.8 Å². The van der Waals surface area contributed by atoms with Gasteiger partial charge in [0.1, 0.15) is 11.1 Å². The third-order valence-electron chi connectivity index (χ3n) is 6.25. The van der Waals surface area contributed by atoms with Crippen molar-refractivity contribution >= 4 is 71.3 Å². The molecule has 0 saturated carbocycles. The van der Waals surface area contributed by atoms with E-state index in [-0.39, 0.29) is 11.1 Å². The number of rotatable bonds is 4. The van der Waals surface area contributed by atoms with Crippen LogP contribution in [0.4, 0.5) is 9.59 Å². The van der Waals surface area contributed by atoms with Gasteiger partial charge in [0.25, 0.3) is 23.6 Å². The molecule has 0 atom stereocenters. The van der Waals surface area contributed by atoms with E-state index in [2.05, 4.69) is 0 Å². The highest BCUT2D eigenvalue weighted by atomic mass is 32.1. The van der Waals surface area contributed by atoms with E-state index in [9.17, 15) is 28.8 Å². The van der Waals surface area contributed by atoms with Gasteiger partial charge in [0.15, 0.2) is 0 Å². The van der Waals surface area contributed by atoms with E-state index < -0.39 is 35.7 Å². The fraction of sp³-hybridized carbons (Fsp3) is 0.185. The number of barbiturate groups is 2. The van der Waals surface area contributed by atoms with E-state index in [1.54, 1.807) is 12.1 Å². The Balaban J connectivity index is 1.53. The molecule has 2 saturated heterocycles. The number of thiophene rings is 1. The van der Waals surface area contributed by atoms with Crippen LogP contribution in [-0.2, 0) is 19.2 Å². The lowest BCUT2D eigenvalue weighted by atomic mass is 10.0. The van der Waals surface area contributed by atoms with Gasteiger partial charge in [0, 0.05) is 37.9 Å². The lowest BCUT2D eigenvalue weighted by Crippen LogP contribution is -2.52. The van der Waals surface area contributed by atoms with Crippen LogP contribution >= 0.6 is 11.3 Å². The van der Waals surface area contributed by atoms with Gasteiger partial charge in [-0.05, 0) is 54.0 Å². The largest absolute Gasteiger partial charge is 0.333 e. The number of hydrogen-bond donors (Lipinski definition) is 0. The molecule has 2 aliphatic rings. The van der Waals surface area contributed by atoms with E-state index in [1.807, 2.05) is 37.3 Å². The number of amides is 8. The van der Waals surface area contributed by atoms with Crippen molar-refractivity contribution in [1.82, 2.24) is 19.6 Å². The van der Waals surface area contributed by atoms with Crippen LogP contribution in [0, 0.1) is 6.92 Å². The topological polar surface area (TPSA) is 115 Å². The Kier molecular flexibility index (Phi) is 6.97. The zero-order chi connectivity index (χ0) is 27.9. The van der Waals surface area contributed by atoms with Gasteiger partial charge in [-0.1, -0.05) is 24.3 Å². The van der Waals surface area contributed by atoms with E-state index >= 15 is 0 Å². The minimum Gasteiger partial charge on any atom is -0.268 e. The van der Waals surface area contributed by atoms with Crippen molar-refractivity contribution in [2.45, 2.75) is 6.92 Å². The van der Waals surface area contributed by atoms with Gasteiger partial charge < -0.3 is 0 Å². The first kappa shape index (κ1) is 26.4. The van der Waals surface area contributed by atoms with Crippen LogP contribution in [0.1, 0.15) is 26.4 Å². The zero-order valence-electron chi connectivity index (χ0n) is 21.3. The van der Waals surface area contributed by atoms with Crippen LogP contribution < -0.4 is 0 Å². The normalized spacial score (nSPS) is 17.0. The molecule has 0 radical (unpaired) electrons. The quantitative estimate of drug-likeness (QED) is 0.442. The third-order valence-corrected chi connectivity index (χ3v) is 7.25. The smallest absolute Gasteiger partial charge is 0.268 e. The molecule has 10 nitrogen and oxygen atoms in total. The summed E-state index contributed by atoms with van der Waals surface area (Å²) in [7, 11) is 5.32. The fourth-order valence-electron chi connectivity index (χ4n) is 3.94. The number of nitrogens with zero attached hydrogens (tertiary/aromatic N) is 4. The van der Waals surface area contributed by atoms with Crippen LogP contribution in [0.3, 0.4) is 0 Å². The van der Waals surface area contributed by atoms with Crippen molar-refractivity contribution < 1.29 is 28.8 Å². The highest BCUT2D eigenvalue weighted by molar-refractivity contribution is 7.13. The summed E-state index contributed by atoms with van der Waals surface area (Å²) in [5, 5.41) is 0. The van der Waals surface area contributed by atoms with Gasteiger partial charge >= 0.3 is 12.1 Å². The number of likely N-dealkylation sites (N-methyl/N-ethyl adjacent to an activating group) is 4. The molecule has 11 heteroatoms. The minimum absolute atomic E-state index is 0.0794. The summed E-state index contributed by atoms with van der Waals surface area (Å²) < 4.78 is 0. The van der Waals surface area contributed by atoms with E-state index in [4.69, 9.17) is 0 Å². The number of carbonyl (C=O) groups excluding carboxylic acids is 6. The predicted molar refractivity (Wildman–Crippen MR) is 142 cm³/mol. The Labute approximate surface area is 222 Å². The van der Waals surface area contributed by atoms with E-state index in [0.29, 0.717) is 10.4 Å². The summed E-state index contributed by atoms with van der Waals surface area (Å²) in [6.07, 6.45) is 6.75. The number of imide groups is 4. The van der Waals surface area contributed by atoms with Gasteiger partial charge in [-0.15, -0.1) is 11.3 Å². The Morgan fingerprint density at radius 1 is 0.605 bits per heavy atom. The first-order valence-electron chi connectivity index (χ1n) is 11.4. The van der Waals surface area contributed by atoms with E-state index in [0.717, 1.165) is 35.6 Å². The number of carbonyl (C=O) groups is 6. The summed E-state index contributed by atoms with van der Waals surface area (Å²) in [4.78, 5) is 78.7. The van der Waals surface area contributed by atoms with Crippen molar-refractivity contribution in [3.05, 3.63) is 67.9 Å². The second-order valence-corrected chi connectivity index (χ2v) is 9.97. The molecule has 0 unspecified atom stereocenters. The van der Waals surface area contributed by atoms with Crippen molar-refractivity contribution in [2.24, 2.45) is 0 Å². The predicted octanol–water partition coefficient (Wildman–Crippen LogP) is 3.09. The van der Waals surface area contributed by atoms with Gasteiger partial charge in [0.05, 0.1) is 0 Å². The third kappa shape index (κ3) is 4.71. The lowest BCUT2D eigenvalue weighted by Gasteiger charge is -2.28. The maximum atomic E-state index is 12.4. The van der Waals surface area contributed by atoms with Gasteiger partial charge in [0.2, 0.25) is 0 Å². The van der Waals surface area contributed by atoms with Gasteiger partial charge in [-0.25, -0.2) is 9.59 Å². The fourth-order valence-corrected chi connectivity index (χ4v) is 4.80. The van der Waals surface area contributed by atoms with Crippen LogP contribution in [-0.4, -0.2) is 83.5 Å². The number of hydrogen-bond acceptors (Lipinski definition) is 7. The standard InChI is InChI=1S/C27H24N4O6S/c1-15-12-16(13-20-22(32)28(2)26(36)29(3)23(20)33)6-7-17(15)8-9-18-10-11-19(38-18)14-21-24(34)30(4)27(37)31(5)25(21)35/h6-14H,1-5H3/b9-8+. The molecule has 3 heterocycles. The summed E-state index contributed by atoms with van der Waals surface area (Å²) in [6.45, 7) is 1.90. The Morgan fingerprint density at radius 2 is 1.08 bits per heavy atom. The highest BCUT2D eigenvalue weighted by Gasteiger charge is 2.38. The molecule has 2 aliphatic heterocycles. The lowest BCUT2D eigenvalue weighted by molar-refractivity contribution is -0.135.